The number of hydrogen-bond acceptors (Lipinski definition) is 6. The van der Waals surface area contributed by atoms with Gasteiger partial charge >= 0.3 is 5.97 Å². The molecule has 1 heterocycles. The highest BCUT2D eigenvalue weighted by Gasteiger charge is 2.26. The van der Waals surface area contributed by atoms with E-state index in [0.29, 0.717) is 20.8 Å². The van der Waals surface area contributed by atoms with Gasteiger partial charge in [-0.15, -0.1) is 11.3 Å². The standard InChI is InChI=1S/C18H20N2O5S/c1-5-14(23)19-17-15(18(24)25-6-2)12-8-7-9-13(16(12)26-17)20(10(3)21)11(4)22/h7-9H,5-6H2,1-4H3,(H,19,23). The summed E-state index contributed by atoms with van der Waals surface area (Å²) in [7, 11) is 0. The van der Waals surface area contributed by atoms with E-state index in [0.717, 1.165) is 16.2 Å². The van der Waals surface area contributed by atoms with Gasteiger partial charge in [0.1, 0.15) is 10.6 Å². The Kier molecular flexibility index (Phi) is 6.10. The van der Waals surface area contributed by atoms with E-state index in [1.54, 1.807) is 32.0 Å². The molecule has 0 unspecified atom stereocenters. The van der Waals surface area contributed by atoms with Crippen molar-refractivity contribution in [1.82, 2.24) is 0 Å². The van der Waals surface area contributed by atoms with Crippen molar-refractivity contribution in [3.05, 3.63) is 23.8 Å². The molecule has 1 aromatic carbocycles. The van der Waals surface area contributed by atoms with E-state index in [4.69, 9.17) is 4.74 Å². The SMILES string of the molecule is CCOC(=O)c1c(NC(=O)CC)sc2c(N(C(C)=O)C(C)=O)cccc12. The summed E-state index contributed by atoms with van der Waals surface area (Å²) >= 11 is 1.13. The molecule has 2 rings (SSSR count). The number of amides is 3. The Morgan fingerprint density at radius 3 is 2.31 bits per heavy atom. The highest BCUT2D eigenvalue weighted by Crippen LogP contribution is 2.41. The third-order valence-electron chi connectivity index (χ3n) is 3.62. The van der Waals surface area contributed by atoms with E-state index >= 15 is 0 Å². The van der Waals surface area contributed by atoms with Crippen LogP contribution in [0.25, 0.3) is 10.1 Å². The van der Waals surface area contributed by atoms with Crippen LogP contribution in [0.1, 0.15) is 44.5 Å². The summed E-state index contributed by atoms with van der Waals surface area (Å²) < 4.78 is 5.66. The molecule has 0 radical (unpaired) electrons. The van der Waals surface area contributed by atoms with Gasteiger partial charge in [0.05, 0.1) is 17.0 Å². The number of ether oxygens (including phenoxy) is 1. The fraction of sp³-hybridized carbons (Fsp3) is 0.333. The highest BCUT2D eigenvalue weighted by atomic mass is 32.1. The second kappa shape index (κ2) is 8.09. The van der Waals surface area contributed by atoms with Gasteiger partial charge in [0.2, 0.25) is 17.7 Å². The van der Waals surface area contributed by atoms with Crippen molar-refractivity contribution in [2.75, 3.05) is 16.8 Å². The molecule has 3 amide bonds. The molecule has 1 aromatic heterocycles. The van der Waals surface area contributed by atoms with E-state index in [2.05, 4.69) is 5.32 Å². The second-order valence-electron chi connectivity index (χ2n) is 5.46. The van der Waals surface area contributed by atoms with Crippen molar-refractivity contribution in [1.29, 1.82) is 0 Å². The Morgan fingerprint density at radius 2 is 1.77 bits per heavy atom. The van der Waals surface area contributed by atoms with E-state index < -0.39 is 17.8 Å². The zero-order valence-corrected chi connectivity index (χ0v) is 15.9. The van der Waals surface area contributed by atoms with Crippen molar-refractivity contribution in [2.45, 2.75) is 34.1 Å². The number of carbonyl (C=O) groups is 4. The Labute approximate surface area is 154 Å². The van der Waals surface area contributed by atoms with Crippen LogP contribution < -0.4 is 10.2 Å². The Hall–Kier alpha value is -2.74. The molecule has 8 heteroatoms. The fourth-order valence-corrected chi connectivity index (χ4v) is 3.76. The first kappa shape index (κ1) is 19.6. The lowest BCUT2D eigenvalue weighted by molar-refractivity contribution is -0.124. The molecule has 138 valence electrons. The monoisotopic (exact) mass is 376 g/mol. The van der Waals surface area contributed by atoms with E-state index in [9.17, 15) is 19.2 Å². The van der Waals surface area contributed by atoms with Gasteiger partial charge in [0.15, 0.2) is 0 Å². The average molecular weight is 376 g/mol. The van der Waals surface area contributed by atoms with E-state index in [1.807, 2.05) is 0 Å². The Balaban J connectivity index is 2.75. The summed E-state index contributed by atoms with van der Waals surface area (Å²) in [6, 6.07) is 4.97. The summed E-state index contributed by atoms with van der Waals surface area (Å²) in [5.41, 5.74) is 0.595. The molecule has 0 saturated carbocycles. The molecule has 0 spiro atoms. The molecular formula is C18H20N2O5S. The normalized spacial score (nSPS) is 10.5. The van der Waals surface area contributed by atoms with Gasteiger partial charge in [-0.05, 0) is 13.0 Å². The molecule has 7 nitrogen and oxygen atoms in total. The maximum Gasteiger partial charge on any atom is 0.341 e. The van der Waals surface area contributed by atoms with E-state index in [1.165, 1.54) is 13.8 Å². The number of carbonyl (C=O) groups excluding carboxylic acids is 4. The molecule has 0 aliphatic rings. The first-order chi connectivity index (χ1) is 12.3. The molecule has 0 bridgehead atoms. The number of benzene rings is 1. The number of thiophene rings is 1. The van der Waals surface area contributed by atoms with Gasteiger partial charge in [-0.3, -0.25) is 14.4 Å². The quantitative estimate of drug-likeness (QED) is 0.808. The predicted octanol–water partition coefficient (Wildman–Crippen LogP) is 3.33. The molecule has 0 atom stereocenters. The van der Waals surface area contributed by atoms with Gasteiger partial charge < -0.3 is 10.1 Å². The van der Waals surface area contributed by atoms with Crippen LogP contribution in [-0.4, -0.2) is 30.3 Å². The number of anilines is 2. The van der Waals surface area contributed by atoms with Crippen molar-refractivity contribution in [3.8, 4) is 0 Å². The van der Waals surface area contributed by atoms with Crippen LogP contribution >= 0.6 is 11.3 Å². The minimum atomic E-state index is -0.570. The van der Waals surface area contributed by atoms with Crippen LogP contribution in [0.5, 0.6) is 0 Å². The summed E-state index contributed by atoms with van der Waals surface area (Å²) in [6.07, 6.45) is 0.246. The molecule has 0 saturated heterocycles. The van der Waals surface area contributed by atoms with Gasteiger partial charge in [0, 0.05) is 25.7 Å². The summed E-state index contributed by atoms with van der Waals surface area (Å²) in [4.78, 5) is 49.2. The zero-order valence-electron chi connectivity index (χ0n) is 15.0. The second-order valence-corrected chi connectivity index (χ2v) is 6.48. The van der Waals surface area contributed by atoms with Gasteiger partial charge in [0.25, 0.3) is 0 Å². The lowest BCUT2D eigenvalue weighted by atomic mass is 10.1. The van der Waals surface area contributed by atoms with Crippen LogP contribution in [0.4, 0.5) is 10.7 Å². The topological polar surface area (TPSA) is 92.8 Å². The molecule has 26 heavy (non-hydrogen) atoms. The van der Waals surface area contributed by atoms with Crippen LogP contribution in [-0.2, 0) is 19.1 Å². The molecular weight excluding hydrogens is 356 g/mol. The lowest BCUT2D eigenvalue weighted by Crippen LogP contribution is -2.33. The number of nitrogens with zero attached hydrogens (tertiary/aromatic N) is 1. The minimum Gasteiger partial charge on any atom is -0.462 e. The molecule has 0 aliphatic heterocycles. The van der Waals surface area contributed by atoms with Gasteiger partial charge in [-0.2, -0.15) is 0 Å². The van der Waals surface area contributed by atoms with Crippen molar-refractivity contribution in [2.24, 2.45) is 0 Å². The first-order valence-electron chi connectivity index (χ1n) is 8.15. The predicted molar refractivity (Wildman–Crippen MR) is 101 cm³/mol. The Bertz CT molecular complexity index is 873. The maximum absolute atomic E-state index is 12.4. The number of hydrogen-bond donors (Lipinski definition) is 1. The van der Waals surface area contributed by atoms with Crippen molar-refractivity contribution >= 4 is 55.8 Å². The Morgan fingerprint density at radius 1 is 1.12 bits per heavy atom. The number of imide groups is 1. The lowest BCUT2D eigenvalue weighted by Gasteiger charge is -2.17. The fourth-order valence-electron chi connectivity index (χ4n) is 2.55. The van der Waals surface area contributed by atoms with Crippen molar-refractivity contribution < 1.29 is 23.9 Å². The van der Waals surface area contributed by atoms with Crippen LogP contribution in [0.15, 0.2) is 18.2 Å². The highest BCUT2D eigenvalue weighted by molar-refractivity contribution is 7.24. The number of esters is 1. The molecule has 1 N–H and O–H groups in total. The number of nitrogens with one attached hydrogen (secondary N) is 1. The zero-order chi connectivity index (χ0) is 19.4. The minimum absolute atomic E-state index is 0.185. The summed E-state index contributed by atoms with van der Waals surface area (Å²) in [5, 5.41) is 3.56. The van der Waals surface area contributed by atoms with Crippen LogP contribution in [0.3, 0.4) is 0 Å². The number of rotatable bonds is 5. The average Bonchev–Trinajstić information content (AvgIpc) is 2.93. The smallest absolute Gasteiger partial charge is 0.341 e. The van der Waals surface area contributed by atoms with Gasteiger partial charge in [-0.1, -0.05) is 19.1 Å². The summed E-state index contributed by atoms with van der Waals surface area (Å²) in [5.74, 6) is -1.69. The first-order valence-corrected chi connectivity index (χ1v) is 8.97. The maximum atomic E-state index is 12.4. The number of fused-ring (bicyclic) bond motifs is 1. The largest absolute Gasteiger partial charge is 0.462 e. The third-order valence-corrected chi connectivity index (χ3v) is 4.76. The van der Waals surface area contributed by atoms with Crippen molar-refractivity contribution in [3.63, 3.8) is 0 Å². The third kappa shape index (κ3) is 3.75. The summed E-state index contributed by atoms with van der Waals surface area (Å²) in [6.45, 7) is 6.16. The van der Waals surface area contributed by atoms with Crippen LogP contribution in [0, 0.1) is 0 Å². The molecule has 2 aromatic rings. The van der Waals surface area contributed by atoms with E-state index in [-0.39, 0.29) is 24.5 Å². The molecule has 0 fully saturated rings. The van der Waals surface area contributed by atoms with Crippen LogP contribution in [0.2, 0.25) is 0 Å². The van der Waals surface area contributed by atoms with Gasteiger partial charge in [-0.25, -0.2) is 9.69 Å². The molecule has 0 aliphatic carbocycles.